The lowest BCUT2D eigenvalue weighted by molar-refractivity contribution is 0.0976. The number of rotatable bonds is 4. The van der Waals surface area contributed by atoms with Crippen LogP contribution in [-0.2, 0) is 0 Å². The summed E-state index contributed by atoms with van der Waals surface area (Å²) in [7, 11) is -3.33. The highest BCUT2D eigenvalue weighted by atomic mass is 28.4. The molecule has 0 bridgehead atoms. The van der Waals surface area contributed by atoms with Crippen LogP contribution in [0.2, 0.25) is 39.3 Å². The molecule has 0 radical (unpaired) electrons. The van der Waals surface area contributed by atoms with Crippen molar-refractivity contribution in [3.8, 4) is 5.75 Å². The van der Waals surface area contributed by atoms with E-state index < -0.39 is 16.6 Å². The van der Waals surface area contributed by atoms with Gasteiger partial charge in [-0.15, -0.1) is 0 Å². The zero-order valence-electron chi connectivity index (χ0n) is 12.1. The third kappa shape index (κ3) is 5.06. The summed E-state index contributed by atoms with van der Waals surface area (Å²) in [6.07, 6.45) is 0. The maximum Gasteiger partial charge on any atom is 0.247 e. The molecule has 0 heterocycles. The molecule has 1 aromatic carbocycles. The van der Waals surface area contributed by atoms with E-state index in [0.29, 0.717) is 11.3 Å². The maximum atomic E-state index is 12.2. The fourth-order valence-corrected chi connectivity index (χ4v) is 3.13. The van der Waals surface area contributed by atoms with E-state index >= 15 is 0 Å². The Hall–Kier alpha value is -1.08. The first-order valence-electron chi connectivity index (χ1n) is 6.19. The number of para-hydroxylation sites is 1. The van der Waals surface area contributed by atoms with Crippen LogP contribution in [0.15, 0.2) is 24.3 Å². The highest BCUT2D eigenvalue weighted by Gasteiger charge is 2.23. The molecule has 0 aliphatic heterocycles. The molecule has 0 saturated carbocycles. The molecule has 0 unspecified atom stereocenters. The van der Waals surface area contributed by atoms with Crippen molar-refractivity contribution in [3.63, 3.8) is 0 Å². The van der Waals surface area contributed by atoms with Gasteiger partial charge in [0.05, 0.1) is 5.56 Å². The summed E-state index contributed by atoms with van der Waals surface area (Å²) < 4.78 is 5.96. The minimum atomic E-state index is -1.70. The summed E-state index contributed by atoms with van der Waals surface area (Å²) in [5, 5.41) is 0. The van der Waals surface area contributed by atoms with Crippen LogP contribution >= 0.6 is 0 Å². The molecule has 1 rings (SSSR count). The minimum Gasteiger partial charge on any atom is -0.544 e. The van der Waals surface area contributed by atoms with E-state index in [1.165, 1.54) is 0 Å². The molecular weight excluding hydrogens is 258 g/mol. The first-order valence-corrected chi connectivity index (χ1v) is 13.1. The number of hydrogen-bond acceptors (Lipinski definition) is 2. The minimum absolute atomic E-state index is 0.0250. The van der Waals surface area contributed by atoms with Crippen LogP contribution in [-0.4, -0.2) is 22.5 Å². The fourth-order valence-electron chi connectivity index (χ4n) is 1.48. The topological polar surface area (TPSA) is 38.3 Å². The molecule has 18 heavy (non-hydrogen) atoms. The van der Waals surface area contributed by atoms with E-state index in [4.69, 9.17) is 4.43 Å². The smallest absolute Gasteiger partial charge is 0.247 e. The Kier molecular flexibility index (Phi) is 4.39. The molecule has 0 spiro atoms. The van der Waals surface area contributed by atoms with Crippen molar-refractivity contribution in [3.05, 3.63) is 29.8 Å². The van der Waals surface area contributed by atoms with Gasteiger partial charge in [-0.3, -0.25) is 4.79 Å². The number of carbonyl (C=O) groups is 1. The Morgan fingerprint density at radius 1 is 1.06 bits per heavy atom. The third-order valence-electron chi connectivity index (χ3n) is 2.04. The first-order chi connectivity index (χ1) is 8.08. The molecule has 100 valence electrons. The van der Waals surface area contributed by atoms with Crippen molar-refractivity contribution in [1.29, 1.82) is 0 Å². The van der Waals surface area contributed by atoms with Crippen molar-refractivity contribution in [1.82, 2.24) is 4.98 Å². The van der Waals surface area contributed by atoms with Crippen LogP contribution in [0.3, 0.4) is 0 Å². The Morgan fingerprint density at radius 3 is 2.11 bits per heavy atom. The molecule has 3 nitrogen and oxygen atoms in total. The SMILES string of the molecule is C[Si](C)(C)NC(=O)c1ccccc1O[Si](C)(C)C. The van der Waals surface area contributed by atoms with E-state index in [9.17, 15) is 4.79 Å². The van der Waals surface area contributed by atoms with Gasteiger partial charge in [-0.2, -0.15) is 0 Å². The fraction of sp³-hybridized carbons (Fsp3) is 0.462. The maximum absolute atomic E-state index is 12.2. The van der Waals surface area contributed by atoms with Gasteiger partial charge in [0.2, 0.25) is 14.2 Å². The van der Waals surface area contributed by atoms with Crippen LogP contribution in [0.25, 0.3) is 0 Å². The summed E-state index contributed by atoms with van der Waals surface area (Å²) >= 11 is 0. The van der Waals surface area contributed by atoms with Gasteiger partial charge in [0.25, 0.3) is 0 Å². The molecule has 0 aliphatic carbocycles. The molecule has 0 fully saturated rings. The summed E-state index contributed by atoms with van der Waals surface area (Å²) in [5.74, 6) is 0.676. The average Bonchev–Trinajstić information content (AvgIpc) is 2.12. The van der Waals surface area contributed by atoms with E-state index in [2.05, 4.69) is 44.3 Å². The first kappa shape index (κ1) is 15.0. The number of benzene rings is 1. The van der Waals surface area contributed by atoms with Crippen molar-refractivity contribution in [2.24, 2.45) is 0 Å². The number of carbonyl (C=O) groups excluding carboxylic acids is 1. The lowest BCUT2D eigenvalue weighted by atomic mass is 10.2. The summed E-state index contributed by atoms with van der Waals surface area (Å²) in [5.41, 5.74) is 0.641. The Bertz CT molecular complexity index is 433. The van der Waals surface area contributed by atoms with Crippen LogP contribution in [0, 0.1) is 0 Å². The monoisotopic (exact) mass is 281 g/mol. The molecule has 5 heteroatoms. The van der Waals surface area contributed by atoms with Gasteiger partial charge in [-0.05, 0) is 31.8 Å². The van der Waals surface area contributed by atoms with Gasteiger partial charge in [-0.25, -0.2) is 0 Å². The highest BCUT2D eigenvalue weighted by molar-refractivity contribution is 6.76. The molecule has 1 N–H and O–H groups in total. The lowest BCUT2D eigenvalue weighted by Crippen LogP contribution is -2.45. The van der Waals surface area contributed by atoms with Crippen molar-refractivity contribution in [2.45, 2.75) is 39.3 Å². The number of nitrogens with one attached hydrogen (secondary N) is 1. The van der Waals surface area contributed by atoms with E-state index in [1.54, 1.807) is 0 Å². The average molecular weight is 282 g/mol. The predicted molar refractivity (Wildman–Crippen MR) is 81.2 cm³/mol. The summed E-state index contributed by atoms with van der Waals surface area (Å²) in [6.45, 7) is 12.6. The second-order valence-electron chi connectivity index (χ2n) is 6.41. The van der Waals surface area contributed by atoms with Gasteiger partial charge in [0, 0.05) is 0 Å². The van der Waals surface area contributed by atoms with Crippen molar-refractivity contribution < 1.29 is 9.22 Å². The van der Waals surface area contributed by atoms with Gasteiger partial charge in [-0.1, -0.05) is 31.8 Å². The normalized spacial score (nSPS) is 12.1. The van der Waals surface area contributed by atoms with E-state index in [-0.39, 0.29) is 5.91 Å². The molecule has 1 amide bonds. The van der Waals surface area contributed by atoms with Gasteiger partial charge in [0.15, 0.2) is 0 Å². The zero-order valence-corrected chi connectivity index (χ0v) is 14.1. The summed E-state index contributed by atoms with van der Waals surface area (Å²) in [4.78, 5) is 15.3. The van der Waals surface area contributed by atoms with Crippen molar-refractivity contribution in [2.75, 3.05) is 0 Å². The standard InChI is InChI=1S/C13H23NO2Si2/c1-17(2,3)14-13(15)11-9-7-8-10-12(11)16-18(4,5)6/h7-10H,1-6H3,(H,14,15). The lowest BCUT2D eigenvalue weighted by Gasteiger charge is -2.23. The summed E-state index contributed by atoms with van der Waals surface area (Å²) in [6, 6.07) is 7.47. The molecule has 0 aromatic heterocycles. The highest BCUT2D eigenvalue weighted by Crippen LogP contribution is 2.22. The Labute approximate surface area is 112 Å². The molecule has 0 saturated heterocycles. The largest absolute Gasteiger partial charge is 0.544 e. The molecule has 0 aliphatic rings. The van der Waals surface area contributed by atoms with Gasteiger partial charge >= 0.3 is 0 Å². The number of amides is 1. The Balaban J connectivity index is 2.99. The van der Waals surface area contributed by atoms with Crippen LogP contribution in [0.1, 0.15) is 10.4 Å². The quantitative estimate of drug-likeness (QED) is 0.858. The Morgan fingerprint density at radius 2 is 1.61 bits per heavy atom. The van der Waals surface area contributed by atoms with Crippen LogP contribution < -0.4 is 9.41 Å². The second kappa shape index (κ2) is 5.28. The zero-order chi connectivity index (χ0) is 14.0. The second-order valence-corrected chi connectivity index (χ2v) is 15.6. The van der Waals surface area contributed by atoms with Crippen molar-refractivity contribution >= 4 is 22.5 Å². The van der Waals surface area contributed by atoms with E-state index in [0.717, 1.165) is 0 Å². The van der Waals surface area contributed by atoms with Crippen LogP contribution in [0.4, 0.5) is 0 Å². The van der Waals surface area contributed by atoms with Crippen LogP contribution in [0.5, 0.6) is 5.75 Å². The molecular formula is C13H23NO2Si2. The third-order valence-corrected chi connectivity index (χ3v) is 3.85. The molecule has 1 aromatic rings. The number of hydrogen-bond donors (Lipinski definition) is 1. The predicted octanol–water partition coefficient (Wildman–Crippen LogP) is 3.47. The van der Waals surface area contributed by atoms with Gasteiger partial charge in [0.1, 0.15) is 14.0 Å². The molecule has 0 atom stereocenters. The van der Waals surface area contributed by atoms with Gasteiger partial charge < -0.3 is 9.41 Å². The van der Waals surface area contributed by atoms with E-state index in [1.807, 2.05) is 24.3 Å².